The molecule has 3 rings (SSSR count). The number of nitrogens with one attached hydrogen (secondary N) is 2. The van der Waals surface area contributed by atoms with Crippen molar-refractivity contribution in [3.05, 3.63) is 0 Å². The number of amides is 5. The predicted octanol–water partition coefficient (Wildman–Crippen LogP) is 1.46. The van der Waals surface area contributed by atoms with Gasteiger partial charge in [0, 0.05) is 12.5 Å². The molecule has 1 aliphatic heterocycles. The normalized spacial score (nSPS) is 23.8. The summed E-state index contributed by atoms with van der Waals surface area (Å²) in [5.41, 5.74) is -0.596. The Bertz CT molecular complexity index is 548. The molecular weight excluding hydrogens is 310 g/mol. The summed E-state index contributed by atoms with van der Waals surface area (Å²) in [7, 11) is 0. The van der Waals surface area contributed by atoms with Crippen LogP contribution in [-0.2, 0) is 14.4 Å². The van der Waals surface area contributed by atoms with E-state index in [1.807, 2.05) is 0 Å². The summed E-state index contributed by atoms with van der Waals surface area (Å²) in [6.45, 7) is -0.364. The van der Waals surface area contributed by atoms with E-state index in [-0.39, 0.29) is 30.8 Å². The Kier molecular flexibility index (Phi) is 4.87. The number of rotatable bonds is 3. The lowest BCUT2D eigenvalue weighted by molar-refractivity contribution is -0.145. The molecule has 0 aromatic heterocycles. The van der Waals surface area contributed by atoms with Crippen LogP contribution >= 0.6 is 0 Å². The van der Waals surface area contributed by atoms with Gasteiger partial charge in [-0.25, -0.2) is 4.79 Å². The second-order valence-corrected chi connectivity index (χ2v) is 7.31. The quantitative estimate of drug-likeness (QED) is 0.763. The van der Waals surface area contributed by atoms with Gasteiger partial charge < -0.3 is 5.32 Å². The number of hydrogen-bond donors (Lipinski definition) is 2. The number of urea groups is 1. The van der Waals surface area contributed by atoms with Gasteiger partial charge in [0.25, 0.3) is 0 Å². The highest BCUT2D eigenvalue weighted by atomic mass is 16.2. The number of likely N-dealkylation sites (tertiary alicyclic amines) is 1. The zero-order chi connectivity index (χ0) is 17.2. The molecule has 0 aromatic rings. The molecule has 132 valence electrons. The monoisotopic (exact) mass is 335 g/mol. The average Bonchev–Trinajstić information content (AvgIpc) is 3.11. The fourth-order valence-electron chi connectivity index (χ4n) is 4.24. The predicted molar refractivity (Wildman–Crippen MR) is 85.8 cm³/mol. The highest BCUT2D eigenvalue weighted by Crippen LogP contribution is 2.45. The summed E-state index contributed by atoms with van der Waals surface area (Å²) in [5.74, 6) is -1.15. The minimum Gasteiger partial charge on any atom is -0.335 e. The topological polar surface area (TPSA) is 95.6 Å². The van der Waals surface area contributed by atoms with Gasteiger partial charge in [-0.2, -0.15) is 0 Å². The largest absolute Gasteiger partial charge is 0.335 e. The molecule has 2 saturated carbocycles. The van der Waals surface area contributed by atoms with Gasteiger partial charge in [-0.15, -0.1) is 0 Å². The average molecular weight is 335 g/mol. The molecule has 0 bridgehead atoms. The number of imide groups is 2. The van der Waals surface area contributed by atoms with Gasteiger partial charge in [-0.1, -0.05) is 32.1 Å². The van der Waals surface area contributed by atoms with Crippen molar-refractivity contribution < 1.29 is 19.2 Å². The van der Waals surface area contributed by atoms with Crippen LogP contribution in [0, 0.1) is 5.41 Å². The molecule has 3 fully saturated rings. The third-order valence-electron chi connectivity index (χ3n) is 5.55. The summed E-state index contributed by atoms with van der Waals surface area (Å²) in [4.78, 5) is 49.7. The Morgan fingerprint density at radius 1 is 1.04 bits per heavy atom. The minimum absolute atomic E-state index is 0.110. The molecule has 7 nitrogen and oxygen atoms in total. The summed E-state index contributed by atoms with van der Waals surface area (Å²) in [6.07, 6.45) is 8.63. The van der Waals surface area contributed by atoms with Crippen molar-refractivity contribution in [1.82, 2.24) is 15.5 Å². The molecule has 3 aliphatic rings. The van der Waals surface area contributed by atoms with Gasteiger partial charge in [0.05, 0.1) is 5.41 Å². The molecular formula is C17H25N3O4. The number of carbonyl (C=O) groups excluding carboxylic acids is 4. The maximum atomic E-state index is 12.6. The van der Waals surface area contributed by atoms with Gasteiger partial charge >= 0.3 is 6.03 Å². The van der Waals surface area contributed by atoms with Gasteiger partial charge in [0.1, 0.15) is 6.54 Å². The summed E-state index contributed by atoms with van der Waals surface area (Å²) >= 11 is 0. The van der Waals surface area contributed by atoms with E-state index in [4.69, 9.17) is 0 Å². The standard InChI is InChI=1S/C17H25N3O4/c21-13(19-16(24)18-12-6-2-3-7-12)11-20-14(22)10-17(15(20)23)8-4-1-5-9-17/h12H,1-11H2,(H2,18,19,21,24). The van der Waals surface area contributed by atoms with Crippen molar-refractivity contribution >= 4 is 23.8 Å². The first-order chi connectivity index (χ1) is 11.5. The highest BCUT2D eigenvalue weighted by molar-refractivity contribution is 6.09. The van der Waals surface area contributed by atoms with Gasteiger partial charge in [0.2, 0.25) is 17.7 Å². The third kappa shape index (κ3) is 3.44. The number of nitrogens with zero attached hydrogens (tertiary/aromatic N) is 1. The van der Waals surface area contributed by atoms with Crippen molar-refractivity contribution in [3.8, 4) is 0 Å². The van der Waals surface area contributed by atoms with Crippen molar-refractivity contribution in [3.63, 3.8) is 0 Å². The van der Waals surface area contributed by atoms with Gasteiger partial charge in [-0.3, -0.25) is 24.6 Å². The van der Waals surface area contributed by atoms with Crippen LogP contribution in [0.4, 0.5) is 4.79 Å². The Hall–Kier alpha value is -1.92. The first-order valence-electron chi connectivity index (χ1n) is 8.95. The Labute approximate surface area is 141 Å². The van der Waals surface area contributed by atoms with Crippen molar-refractivity contribution in [2.75, 3.05) is 6.54 Å². The van der Waals surface area contributed by atoms with Crippen LogP contribution in [0.3, 0.4) is 0 Å². The van der Waals surface area contributed by atoms with Crippen LogP contribution in [0.25, 0.3) is 0 Å². The van der Waals surface area contributed by atoms with Gasteiger partial charge in [0.15, 0.2) is 0 Å². The third-order valence-corrected chi connectivity index (χ3v) is 5.55. The van der Waals surface area contributed by atoms with Crippen LogP contribution in [0.15, 0.2) is 0 Å². The van der Waals surface area contributed by atoms with E-state index in [1.54, 1.807) is 0 Å². The van der Waals surface area contributed by atoms with Crippen LogP contribution in [0.5, 0.6) is 0 Å². The zero-order valence-electron chi connectivity index (χ0n) is 13.9. The van der Waals surface area contributed by atoms with Crippen molar-refractivity contribution in [2.45, 2.75) is 70.3 Å². The fourth-order valence-corrected chi connectivity index (χ4v) is 4.24. The first kappa shape index (κ1) is 16.9. The van der Waals surface area contributed by atoms with Crippen LogP contribution in [0.1, 0.15) is 64.2 Å². The van der Waals surface area contributed by atoms with E-state index in [1.165, 1.54) is 0 Å². The summed E-state index contributed by atoms with van der Waals surface area (Å²) < 4.78 is 0. The second-order valence-electron chi connectivity index (χ2n) is 7.31. The maximum Gasteiger partial charge on any atom is 0.321 e. The van der Waals surface area contributed by atoms with Crippen LogP contribution < -0.4 is 10.6 Å². The molecule has 24 heavy (non-hydrogen) atoms. The van der Waals surface area contributed by atoms with Crippen molar-refractivity contribution in [2.24, 2.45) is 5.41 Å². The molecule has 7 heteroatoms. The number of hydrogen-bond acceptors (Lipinski definition) is 4. The molecule has 0 radical (unpaired) electrons. The Morgan fingerprint density at radius 3 is 2.38 bits per heavy atom. The first-order valence-corrected chi connectivity index (χ1v) is 8.95. The maximum absolute atomic E-state index is 12.6. The lowest BCUT2D eigenvalue weighted by Crippen LogP contribution is -2.48. The fraction of sp³-hybridized carbons (Fsp3) is 0.765. The summed E-state index contributed by atoms with van der Waals surface area (Å²) in [5, 5.41) is 4.99. The van der Waals surface area contributed by atoms with Gasteiger partial charge in [-0.05, 0) is 25.7 Å². The highest BCUT2D eigenvalue weighted by Gasteiger charge is 2.51. The molecule has 1 saturated heterocycles. The molecule has 1 heterocycles. The van der Waals surface area contributed by atoms with E-state index in [0.29, 0.717) is 0 Å². The number of carbonyl (C=O) groups is 4. The lowest BCUT2D eigenvalue weighted by atomic mass is 9.73. The van der Waals surface area contributed by atoms with Crippen molar-refractivity contribution in [1.29, 1.82) is 0 Å². The van der Waals surface area contributed by atoms with Crippen LogP contribution in [0.2, 0.25) is 0 Å². The summed E-state index contributed by atoms with van der Waals surface area (Å²) in [6, 6.07) is -0.434. The van der Waals surface area contributed by atoms with E-state index >= 15 is 0 Å². The molecule has 2 aliphatic carbocycles. The van der Waals surface area contributed by atoms with Crippen LogP contribution in [-0.4, -0.2) is 41.2 Å². The molecule has 0 atom stereocenters. The Balaban J connectivity index is 1.53. The Morgan fingerprint density at radius 2 is 1.71 bits per heavy atom. The zero-order valence-corrected chi connectivity index (χ0v) is 13.9. The smallest absolute Gasteiger partial charge is 0.321 e. The second kappa shape index (κ2) is 6.91. The molecule has 1 spiro atoms. The lowest BCUT2D eigenvalue weighted by Gasteiger charge is -2.30. The molecule has 0 unspecified atom stereocenters. The van der Waals surface area contributed by atoms with E-state index in [9.17, 15) is 19.2 Å². The van der Waals surface area contributed by atoms with E-state index in [0.717, 1.165) is 62.7 Å². The molecule has 0 aromatic carbocycles. The molecule has 2 N–H and O–H groups in total. The SMILES string of the molecule is O=C(CN1C(=O)CC2(CCCCC2)C1=O)NC(=O)NC1CCCC1. The van der Waals surface area contributed by atoms with E-state index in [2.05, 4.69) is 10.6 Å². The van der Waals surface area contributed by atoms with E-state index < -0.39 is 17.4 Å². The minimum atomic E-state index is -0.611. The molecule has 5 amide bonds.